The van der Waals surface area contributed by atoms with Crippen LogP contribution >= 0.6 is 7.43 Å². The van der Waals surface area contributed by atoms with Crippen molar-refractivity contribution in [3.05, 3.63) is 71.9 Å². The third-order valence-electron chi connectivity index (χ3n) is 4.74. The van der Waals surface area contributed by atoms with Gasteiger partial charge >= 0.3 is 136 Å². The predicted octanol–water partition coefficient (Wildman–Crippen LogP) is 5.05. The second kappa shape index (κ2) is 4.81. The molecule has 4 nitrogen and oxygen atoms in total. The van der Waals surface area contributed by atoms with Crippen molar-refractivity contribution in [2.45, 2.75) is 12.6 Å². The molecule has 23 heavy (non-hydrogen) atoms. The molecule has 2 aromatic rings. The van der Waals surface area contributed by atoms with Gasteiger partial charge in [0.15, 0.2) is 0 Å². The molecule has 120 valence electrons. The second-order valence-corrected chi connectivity index (χ2v) is 9.52. The van der Waals surface area contributed by atoms with Crippen LogP contribution in [0.3, 0.4) is 0 Å². The van der Waals surface area contributed by atoms with Crippen LogP contribution in [0.2, 0.25) is 0 Å². The van der Waals surface area contributed by atoms with Crippen LogP contribution in [0.4, 0.5) is 5.69 Å². The summed E-state index contributed by atoms with van der Waals surface area (Å²) < 4.78 is 20.9. The molecule has 5 heteroatoms. The van der Waals surface area contributed by atoms with Gasteiger partial charge in [0.1, 0.15) is 0 Å². The van der Waals surface area contributed by atoms with E-state index in [9.17, 15) is 0 Å². The summed E-state index contributed by atoms with van der Waals surface area (Å²) in [5.74, 6) is 0.804. The summed E-state index contributed by atoms with van der Waals surface area (Å²) in [5, 5.41) is 0. The fraction of sp³-hybridized carbons (Fsp3) is 0.222. The van der Waals surface area contributed by atoms with Gasteiger partial charge in [0.25, 0.3) is 0 Å². The van der Waals surface area contributed by atoms with E-state index in [2.05, 4.69) is 29.9 Å². The molecule has 1 atom stereocenters. The molecule has 2 aromatic carbocycles. The fourth-order valence-corrected chi connectivity index (χ4v) is 8.17. The molecular weight excluding hydrogens is 309 g/mol. The quantitative estimate of drug-likeness (QED) is 0.737. The van der Waals surface area contributed by atoms with Gasteiger partial charge in [-0.25, -0.2) is 0 Å². The van der Waals surface area contributed by atoms with Crippen molar-refractivity contribution < 1.29 is 13.6 Å². The molecule has 0 fully saturated rings. The van der Waals surface area contributed by atoms with E-state index < -0.39 is 7.43 Å². The van der Waals surface area contributed by atoms with Crippen molar-refractivity contribution in [1.29, 1.82) is 0 Å². The van der Waals surface area contributed by atoms with Crippen LogP contribution in [0.25, 0.3) is 0 Å². The SMILES string of the molecule is COP12(OC)Oc3ccccc3N1C=C(C)C2c1ccccc1. The van der Waals surface area contributed by atoms with Gasteiger partial charge in [-0.15, -0.1) is 0 Å². The summed E-state index contributed by atoms with van der Waals surface area (Å²) in [6.07, 6.45) is 2.11. The van der Waals surface area contributed by atoms with Gasteiger partial charge in [-0.1, -0.05) is 0 Å². The maximum atomic E-state index is 6.50. The Labute approximate surface area is 136 Å². The van der Waals surface area contributed by atoms with Crippen LogP contribution < -0.4 is 9.19 Å². The van der Waals surface area contributed by atoms with Crippen molar-refractivity contribution in [1.82, 2.24) is 0 Å². The number of hydrogen-bond donors (Lipinski definition) is 0. The molecule has 2 heterocycles. The Morgan fingerprint density at radius 1 is 0.957 bits per heavy atom. The molecule has 0 saturated heterocycles. The first-order chi connectivity index (χ1) is 11.1. The van der Waals surface area contributed by atoms with E-state index in [4.69, 9.17) is 13.6 Å². The van der Waals surface area contributed by atoms with Gasteiger partial charge in [-0.3, -0.25) is 0 Å². The van der Waals surface area contributed by atoms with E-state index in [-0.39, 0.29) is 5.66 Å². The molecule has 0 spiro atoms. The van der Waals surface area contributed by atoms with Crippen LogP contribution in [-0.2, 0) is 9.05 Å². The Kier molecular flexibility index (Phi) is 3.08. The topological polar surface area (TPSA) is 30.9 Å². The molecular formula is C18H20NO3P. The molecule has 4 rings (SSSR count). The van der Waals surface area contributed by atoms with E-state index in [0.717, 1.165) is 17.0 Å². The van der Waals surface area contributed by atoms with Gasteiger partial charge in [0.2, 0.25) is 0 Å². The zero-order chi connectivity index (χ0) is 16.1. The van der Waals surface area contributed by atoms with Crippen molar-refractivity contribution in [2.75, 3.05) is 18.9 Å². The maximum absolute atomic E-state index is 6.50. The Hall–Kier alpha value is -1.87. The second-order valence-electron chi connectivity index (χ2n) is 5.86. The first-order valence-electron chi connectivity index (χ1n) is 7.61. The first-order valence-corrected chi connectivity index (χ1v) is 9.62. The standard InChI is InChI=1S/C18H20NO3P/c1-14-13-19-16-11-7-8-12-17(16)22-23(19,20-2,21-3)18(14)15-9-5-4-6-10-15/h4-13,18H,1-3H3. The van der Waals surface area contributed by atoms with E-state index in [1.165, 1.54) is 5.57 Å². The third-order valence-corrected chi connectivity index (χ3v) is 9.30. The summed E-state index contributed by atoms with van der Waals surface area (Å²) in [6, 6.07) is 18.3. The molecule has 0 saturated carbocycles. The summed E-state index contributed by atoms with van der Waals surface area (Å²) in [7, 11) is -0.226. The molecule has 0 aliphatic carbocycles. The van der Waals surface area contributed by atoms with Gasteiger partial charge < -0.3 is 0 Å². The fourth-order valence-electron chi connectivity index (χ4n) is 3.78. The molecule has 0 radical (unpaired) electrons. The van der Waals surface area contributed by atoms with Crippen LogP contribution in [0.1, 0.15) is 18.1 Å². The monoisotopic (exact) mass is 329 g/mol. The van der Waals surface area contributed by atoms with Gasteiger partial charge in [0.05, 0.1) is 0 Å². The summed E-state index contributed by atoms with van der Waals surface area (Å²) in [5.41, 5.74) is 3.22. The predicted molar refractivity (Wildman–Crippen MR) is 93.4 cm³/mol. The zero-order valence-corrected chi connectivity index (χ0v) is 14.4. The number of fused-ring (bicyclic) bond motifs is 3. The Balaban J connectivity index is 1.99. The van der Waals surface area contributed by atoms with Crippen LogP contribution in [-0.4, -0.2) is 14.2 Å². The van der Waals surface area contributed by atoms with E-state index >= 15 is 0 Å². The minimum absolute atomic E-state index is 0.0791. The van der Waals surface area contributed by atoms with Gasteiger partial charge in [-0.05, 0) is 0 Å². The number of para-hydroxylation sites is 2. The van der Waals surface area contributed by atoms with Crippen molar-refractivity contribution in [2.24, 2.45) is 0 Å². The van der Waals surface area contributed by atoms with E-state index in [0.29, 0.717) is 0 Å². The van der Waals surface area contributed by atoms with Crippen molar-refractivity contribution in [3.8, 4) is 5.75 Å². The normalized spacial score (nSPS) is 24.8. The third kappa shape index (κ3) is 1.66. The molecule has 2 aliphatic rings. The van der Waals surface area contributed by atoms with Crippen LogP contribution in [0.15, 0.2) is 66.4 Å². The summed E-state index contributed by atoms with van der Waals surface area (Å²) in [4.78, 5) is 0. The molecule has 0 amide bonds. The molecule has 0 bridgehead atoms. The van der Waals surface area contributed by atoms with Crippen LogP contribution in [0, 0.1) is 0 Å². The zero-order valence-electron chi connectivity index (χ0n) is 13.5. The van der Waals surface area contributed by atoms with Crippen LogP contribution in [0.5, 0.6) is 5.75 Å². The summed E-state index contributed by atoms with van der Waals surface area (Å²) >= 11 is 0. The molecule has 0 aromatic heterocycles. The number of allylic oxidation sites excluding steroid dienone is 1. The van der Waals surface area contributed by atoms with Gasteiger partial charge in [0, 0.05) is 0 Å². The van der Waals surface area contributed by atoms with Crippen molar-refractivity contribution in [3.63, 3.8) is 0 Å². The number of hydrogen-bond acceptors (Lipinski definition) is 4. The molecule has 0 N–H and O–H groups in total. The average molecular weight is 329 g/mol. The Morgan fingerprint density at radius 3 is 2.30 bits per heavy atom. The summed E-state index contributed by atoms with van der Waals surface area (Å²) in [6.45, 7) is 2.11. The minimum atomic E-state index is -3.59. The molecule has 2 aliphatic heterocycles. The number of benzene rings is 2. The Bertz CT molecular complexity index is 786. The molecule has 1 unspecified atom stereocenters. The average Bonchev–Trinajstić information content (AvgIpc) is 3.02. The Morgan fingerprint density at radius 2 is 1.61 bits per heavy atom. The van der Waals surface area contributed by atoms with E-state index in [1.54, 1.807) is 14.2 Å². The first kappa shape index (κ1) is 14.7. The van der Waals surface area contributed by atoms with Gasteiger partial charge in [-0.2, -0.15) is 0 Å². The van der Waals surface area contributed by atoms with Crippen molar-refractivity contribution >= 4 is 13.1 Å². The number of nitrogens with zero attached hydrogens (tertiary/aromatic N) is 1. The number of rotatable bonds is 3. The number of anilines is 1. The van der Waals surface area contributed by atoms with E-state index in [1.807, 2.05) is 42.5 Å².